The van der Waals surface area contributed by atoms with Gasteiger partial charge < -0.3 is 10.1 Å². The second kappa shape index (κ2) is 9.16. The molecular weight excluding hydrogens is 460 g/mol. The summed E-state index contributed by atoms with van der Waals surface area (Å²) in [7, 11) is 0. The third-order valence-electron chi connectivity index (χ3n) is 8.18. The molecule has 1 amide bonds. The number of nitrogens with one attached hydrogen (secondary N) is 1. The minimum Gasteiger partial charge on any atom is -0.379 e. The molecule has 35 heavy (non-hydrogen) atoms. The first-order valence-electron chi connectivity index (χ1n) is 12.6. The van der Waals surface area contributed by atoms with E-state index in [1.54, 1.807) is 12.4 Å². The summed E-state index contributed by atoms with van der Waals surface area (Å²) in [4.78, 5) is 24.3. The molecule has 1 saturated carbocycles. The van der Waals surface area contributed by atoms with Gasteiger partial charge in [0.05, 0.1) is 6.61 Å². The van der Waals surface area contributed by atoms with E-state index in [-0.39, 0.29) is 23.3 Å². The molecule has 2 aliphatic heterocycles. The fourth-order valence-corrected chi connectivity index (χ4v) is 6.15. The molecule has 1 aliphatic carbocycles. The zero-order chi connectivity index (χ0) is 24.0. The van der Waals surface area contributed by atoms with Crippen LogP contribution in [0.25, 0.3) is 10.8 Å². The summed E-state index contributed by atoms with van der Waals surface area (Å²) >= 11 is 6.74. The van der Waals surface area contributed by atoms with Crippen molar-refractivity contribution in [3.05, 3.63) is 65.1 Å². The van der Waals surface area contributed by atoms with Gasteiger partial charge in [-0.1, -0.05) is 17.7 Å². The van der Waals surface area contributed by atoms with Gasteiger partial charge in [0.15, 0.2) is 0 Å². The fourth-order valence-electron chi connectivity index (χ4n) is 5.83. The molecule has 3 atom stereocenters. The number of amides is 1. The Hall–Kier alpha value is -2.54. The number of carbonyl (C=O) groups excluding carboxylic acids is 1. The highest BCUT2D eigenvalue weighted by molar-refractivity contribution is 6.32. The van der Waals surface area contributed by atoms with Crippen molar-refractivity contribution in [1.82, 2.24) is 14.9 Å². The molecule has 182 valence electrons. The van der Waals surface area contributed by atoms with E-state index in [1.165, 1.54) is 5.56 Å². The second-order valence-corrected chi connectivity index (χ2v) is 11.0. The highest BCUT2D eigenvalue weighted by atomic mass is 35.5. The minimum atomic E-state index is -0.0412. The molecule has 1 aromatic carbocycles. The molecule has 4 heterocycles. The van der Waals surface area contributed by atoms with Gasteiger partial charge in [0.25, 0.3) is 0 Å². The van der Waals surface area contributed by atoms with Crippen LogP contribution in [0.4, 0.5) is 5.82 Å². The van der Waals surface area contributed by atoms with Crippen molar-refractivity contribution < 1.29 is 9.53 Å². The van der Waals surface area contributed by atoms with Crippen LogP contribution in [-0.2, 0) is 9.53 Å². The van der Waals surface area contributed by atoms with Gasteiger partial charge in [-0.25, -0.2) is 4.98 Å². The minimum absolute atomic E-state index is 0.0125. The lowest BCUT2D eigenvalue weighted by Crippen LogP contribution is -2.50. The number of halogens is 1. The number of piperidine rings is 1. The van der Waals surface area contributed by atoms with Crippen LogP contribution in [-0.4, -0.2) is 52.6 Å². The van der Waals surface area contributed by atoms with Gasteiger partial charge in [-0.15, -0.1) is 0 Å². The Morgan fingerprint density at radius 1 is 1.17 bits per heavy atom. The molecule has 2 unspecified atom stereocenters. The lowest BCUT2D eigenvalue weighted by molar-refractivity contribution is -0.117. The van der Waals surface area contributed by atoms with Gasteiger partial charge in [-0.05, 0) is 92.9 Å². The zero-order valence-electron chi connectivity index (χ0n) is 20.0. The number of hydrogen-bond donors (Lipinski definition) is 1. The van der Waals surface area contributed by atoms with E-state index >= 15 is 0 Å². The van der Waals surface area contributed by atoms with Gasteiger partial charge in [0, 0.05) is 52.5 Å². The zero-order valence-corrected chi connectivity index (χ0v) is 20.8. The second-order valence-electron chi connectivity index (χ2n) is 10.5. The van der Waals surface area contributed by atoms with Crippen LogP contribution in [0, 0.1) is 5.92 Å². The molecule has 3 aromatic rings. The monoisotopic (exact) mass is 490 g/mol. The van der Waals surface area contributed by atoms with E-state index in [4.69, 9.17) is 16.3 Å². The molecule has 7 heteroatoms. The van der Waals surface area contributed by atoms with Crippen LogP contribution in [0.3, 0.4) is 0 Å². The number of hydrogen-bond acceptors (Lipinski definition) is 5. The number of benzene rings is 1. The lowest BCUT2D eigenvalue weighted by Gasteiger charge is -2.42. The maximum atomic E-state index is 12.8. The Bertz CT molecular complexity index is 1240. The van der Waals surface area contributed by atoms with Crippen LogP contribution in [0.15, 0.2) is 48.8 Å². The number of rotatable bonds is 5. The van der Waals surface area contributed by atoms with Gasteiger partial charge >= 0.3 is 0 Å². The van der Waals surface area contributed by atoms with Crippen molar-refractivity contribution in [2.24, 2.45) is 5.92 Å². The number of nitrogens with zero attached hydrogens (tertiary/aromatic N) is 3. The summed E-state index contributed by atoms with van der Waals surface area (Å²) in [5.74, 6) is 1.20. The molecule has 2 saturated heterocycles. The summed E-state index contributed by atoms with van der Waals surface area (Å²) in [5.41, 5.74) is 2.36. The number of anilines is 1. The van der Waals surface area contributed by atoms with Crippen molar-refractivity contribution in [3.63, 3.8) is 0 Å². The average Bonchev–Trinajstić information content (AvgIpc) is 3.57. The summed E-state index contributed by atoms with van der Waals surface area (Å²) in [6.07, 6.45) is 7.70. The molecule has 0 spiro atoms. The molecule has 6 nitrogen and oxygen atoms in total. The van der Waals surface area contributed by atoms with E-state index in [1.807, 2.05) is 30.3 Å². The molecule has 3 fully saturated rings. The predicted octanol–water partition coefficient (Wildman–Crippen LogP) is 5.38. The topological polar surface area (TPSA) is 67.4 Å². The van der Waals surface area contributed by atoms with Crippen molar-refractivity contribution in [2.45, 2.75) is 50.0 Å². The normalized spacial score (nSPS) is 27.3. The quantitative estimate of drug-likeness (QED) is 0.519. The van der Waals surface area contributed by atoms with E-state index in [0.29, 0.717) is 11.7 Å². The number of aromatic nitrogens is 2. The number of ether oxygens (including phenoxy) is 1. The van der Waals surface area contributed by atoms with Crippen LogP contribution in [0.5, 0.6) is 0 Å². The number of carbonyl (C=O) groups is 1. The molecular formula is C28H31ClN4O2. The first-order valence-corrected chi connectivity index (χ1v) is 13.0. The molecule has 0 bridgehead atoms. The van der Waals surface area contributed by atoms with Crippen LogP contribution < -0.4 is 5.32 Å². The molecule has 0 radical (unpaired) electrons. The van der Waals surface area contributed by atoms with Crippen LogP contribution in [0.1, 0.15) is 55.7 Å². The van der Waals surface area contributed by atoms with Crippen molar-refractivity contribution in [3.8, 4) is 0 Å². The Kier molecular flexibility index (Phi) is 5.99. The summed E-state index contributed by atoms with van der Waals surface area (Å²) < 4.78 is 5.68. The summed E-state index contributed by atoms with van der Waals surface area (Å²) in [5, 5.41) is 5.88. The van der Waals surface area contributed by atoms with Gasteiger partial charge in [0.2, 0.25) is 5.91 Å². The van der Waals surface area contributed by atoms with Gasteiger partial charge in [-0.2, -0.15) is 0 Å². The van der Waals surface area contributed by atoms with E-state index < -0.39 is 0 Å². The fraction of sp³-hybridized carbons (Fsp3) is 0.464. The highest BCUT2D eigenvalue weighted by Crippen LogP contribution is 2.47. The number of pyridine rings is 2. The maximum absolute atomic E-state index is 12.8. The van der Waals surface area contributed by atoms with Gasteiger partial charge in [-0.3, -0.25) is 14.7 Å². The first-order chi connectivity index (χ1) is 17.0. The van der Waals surface area contributed by atoms with Crippen molar-refractivity contribution in [2.75, 3.05) is 31.6 Å². The third kappa shape index (κ3) is 4.55. The Morgan fingerprint density at radius 2 is 2.03 bits per heavy atom. The van der Waals surface area contributed by atoms with Crippen LogP contribution in [0.2, 0.25) is 5.02 Å². The van der Waals surface area contributed by atoms with Crippen molar-refractivity contribution in [1.29, 1.82) is 0 Å². The smallest absolute Gasteiger partial charge is 0.229 e. The first kappa shape index (κ1) is 22.9. The van der Waals surface area contributed by atoms with Gasteiger partial charge in [0.1, 0.15) is 5.82 Å². The highest BCUT2D eigenvalue weighted by Gasteiger charge is 2.45. The molecule has 2 aromatic heterocycles. The van der Waals surface area contributed by atoms with Crippen molar-refractivity contribution >= 4 is 34.1 Å². The van der Waals surface area contributed by atoms with E-state index in [9.17, 15) is 4.79 Å². The molecule has 1 N–H and O–H groups in total. The Balaban J connectivity index is 1.15. The van der Waals surface area contributed by atoms with E-state index in [2.05, 4.69) is 33.2 Å². The molecule has 6 rings (SSSR count). The largest absolute Gasteiger partial charge is 0.379 e. The predicted molar refractivity (Wildman–Crippen MR) is 138 cm³/mol. The van der Waals surface area contributed by atoms with Crippen LogP contribution >= 0.6 is 11.6 Å². The number of fused-ring (bicyclic) bond motifs is 1. The Morgan fingerprint density at radius 3 is 2.77 bits per heavy atom. The standard InChI is InChI=1S/C28H31ClN4O2/c1-28(7-11-35-17-28)33-9-5-18(6-10-33)21-12-19-14-26(31-16-20(19)13-24(21)29)32-27(34)23-15-22(23)25-4-2-3-8-30-25/h2-4,8,12-14,16,18,22-23H,5-7,9-11,15,17H2,1H3,(H,31,32,34)/t22?,23?,28-/m1/s1. The maximum Gasteiger partial charge on any atom is 0.229 e. The third-order valence-corrected chi connectivity index (χ3v) is 8.51. The average molecular weight is 491 g/mol. The van der Waals surface area contributed by atoms with E-state index in [0.717, 1.165) is 73.5 Å². The number of likely N-dealkylation sites (tertiary alicyclic amines) is 1. The molecule has 3 aliphatic rings. The summed E-state index contributed by atoms with van der Waals surface area (Å²) in [6.45, 7) is 6.15. The SMILES string of the molecule is C[C@@]1(N2CCC(c3cc4cc(NC(=O)C5CC5c5ccccn5)ncc4cc3Cl)CC2)CCOC1. The lowest BCUT2D eigenvalue weighted by atomic mass is 9.86. The Labute approximate surface area is 211 Å². The summed E-state index contributed by atoms with van der Waals surface area (Å²) in [6, 6.07) is 12.0.